The van der Waals surface area contributed by atoms with E-state index in [1.54, 1.807) is 18.4 Å². The van der Waals surface area contributed by atoms with Crippen molar-refractivity contribution >= 4 is 41.3 Å². The van der Waals surface area contributed by atoms with Crippen LogP contribution in [0.2, 0.25) is 0 Å². The van der Waals surface area contributed by atoms with E-state index in [4.69, 9.17) is 9.47 Å². The van der Waals surface area contributed by atoms with Gasteiger partial charge in [-0.3, -0.25) is 0 Å². The second-order valence-electron chi connectivity index (χ2n) is 6.24. The quantitative estimate of drug-likeness (QED) is 0.215. The largest absolute Gasteiger partial charge is 0.497 e. The minimum Gasteiger partial charge on any atom is -0.497 e. The van der Waals surface area contributed by atoms with Gasteiger partial charge in [-0.25, -0.2) is 9.98 Å². The summed E-state index contributed by atoms with van der Waals surface area (Å²) < 4.78 is 11.1. The topological polar surface area (TPSA) is 67.8 Å². The molecule has 0 spiro atoms. The molecule has 2 N–H and O–H groups in total. The lowest BCUT2D eigenvalue weighted by Crippen LogP contribution is -2.38. The summed E-state index contributed by atoms with van der Waals surface area (Å²) in [5, 5.41) is 9.94. The van der Waals surface area contributed by atoms with Crippen LogP contribution in [-0.2, 0) is 6.42 Å². The fraction of sp³-hybridized carbons (Fsp3) is 0.500. The lowest BCUT2D eigenvalue weighted by Gasteiger charge is -2.15. The Hall–Kier alpha value is -1.55. The van der Waals surface area contributed by atoms with Crippen molar-refractivity contribution in [2.45, 2.75) is 39.7 Å². The van der Waals surface area contributed by atoms with Gasteiger partial charge in [0.2, 0.25) is 0 Å². The van der Waals surface area contributed by atoms with E-state index in [-0.39, 0.29) is 30.1 Å². The fourth-order valence-electron chi connectivity index (χ4n) is 2.47. The van der Waals surface area contributed by atoms with E-state index < -0.39 is 0 Å². The number of benzene rings is 1. The van der Waals surface area contributed by atoms with Crippen molar-refractivity contribution in [2.24, 2.45) is 4.99 Å². The van der Waals surface area contributed by atoms with Crippen LogP contribution in [0.4, 0.5) is 0 Å². The second-order valence-corrected chi connectivity index (χ2v) is 7.18. The maximum absolute atomic E-state index is 5.92. The Labute approximate surface area is 189 Å². The molecule has 6 nitrogen and oxygen atoms in total. The van der Waals surface area contributed by atoms with Crippen molar-refractivity contribution < 1.29 is 9.47 Å². The third-order valence-corrected chi connectivity index (χ3v) is 4.78. The number of ether oxygens (including phenoxy) is 2. The molecule has 1 heterocycles. The van der Waals surface area contributed by atoms with Gasteiger partial charge in [0.05, 0.1) is 18.7 Å². The van der Waals surface area contributed by atoms with Crippen LogP contribution in [0.25, 0.3) is 0 Å². The molecule has 1 aromatic carbocycles. The Morgan fingerprint density at radius 3 is 2.75 bits per heavy atom. The van der Waals surface area contributed by atoms with Crippen LogP contribution in [0.3, 0.4) is 0 Å². The molecule has 8 heteroatoms. The highest BCUT2D eigenvalue weighted by molar-refractivity contribution is 14.0. The van der Waals surface area contributed by atoms with Gasteiger partial charge in [-0.05, 0) is 39.3 Å². The maximum Gasteiger partial charge on any atom is 0.191 e. The van der Waals surface area contributed by atoms with Crippen LogP contribution in [0.5, 0.6) is 11.5 Å². The van der Waals surface area contributed by atoms with Gasteiger partial charge in [-0.15, -0.1) is 35.3 Å². The summed E-state index contributed by atoms with van der Waals surface area (Å²) in [7, 11) is 1.65. The van der Waals surface area contributed by atoms with Crippen molar-refractivity contribution in [3.63, 3.8) is 0 Å². The Morgan fingerprint density at radius 2 is 2.07 bits per heavy atom. The van der Waals surface area contributed by atoms with E-state index in [0.29, 0.717) is 6.54 Å². The third kappa shape index (κ3) is 9.09. The zero-order chi connectivity index (χ0) is 19.5. The standard InChI is InChI=1S/C20H30N4O2S.HI/c1-5-21-20(22-11-7-10-19-24-15(2)14-27-19)23-13-16(3)26-18-9-6-8-17(12-18)25-4;/h6,8-9,12,14,16H,5,7,10-11,13H2,1-4H3,(H2,21,22,23);1H. The molecule has 0 saturated heterocycles. The van der Waals surface area contributed by atoms with Gasteiger partial charge in [0.1, 0.15) is 17.6 Å². The highest BCUT2D eigenvalue weighted by Crippen LogP contribution is 2.19. The molecule has 1 atom stereocenters. The molecule has 2 rings (SSSR count). The summed E-state index contributed by atoms with van der Waals surface area (Å²) in [5.41, 5.74) is 1.10. The van der Waals surface area contributed by atoms with Crippen LogP contribution in [0.15, 0.2) is 34.6 Å². The summed E-state index contributed by atoms with van der Waals surface area (Å²) in [5.74, 6) is 2.39. The molecule has 1 aromatic heterocycles. The molecule has 156 valence electrons. The number of methoxy groups -OCH3 is 1. The van der Waals surface area contributed by atoms with Gasteiger partial charge in [-0.2, -0.15) is 0 Å². The number of hydrogen-bond donors (Lipinski definition) is 2. The molecule has 0 aliphatic carbocycles. The number of thiazole rings is 1. The molecule has 2 aromatic rings. The molecule has 0 amide bonds. The van der Waals surface area contributed by atoms with E-state index in [1.165, 1.54) is 5.01 Å². The number of guanidine groups is 1. The average molecular weight is 518 g/mol. The van der Waals surface area contributed by atoms with E-state index in [0.717, 1.165) is 49.1 Å². The fourth-order valence-corrected chi connectivity index (χ4v) is 3.29. The number of rotatable bonds is 10. The zero-order valence-corrected chi connectivity index (χ0v) is 20.2. The van der Waals surface area contributed by atoms with E-state index in [1.807, 2.05) is 38.1 Å². The summed E-state index contributed by atoms with van der Waals surface area (Å²) in [6, 6.07) is 7.62. The van der Waals surface area contributed by atoms with Crippen LogP contribution in [0.1, 0.15) is 31.0 Å². The van der Waals surface area contributed by atoms with Gasteiger partial charge >= 0.3 is 0 Å². The maximum atomic E-state index is 5.92. The second kappa shape index (κ2) is 13.6. The smallest absolute Gasteiger partial charge is 0.191 e. The highest BCUT2D eigenvalue weighted by Gasteiger charge is 2.06. The Morgan fingerprint density at radius 1 is 1.29 bits per heavy atom. The first-order chi connectivity index (χ1) is 13.1. The first-order valence-corrected chi connectivity index (χ1v) is 10.2. The molecular formula is C20H31IN4O2S. The van der Waals surface area contributed by atoms with Crippen LogP contribution < -0.4 is 20.1 Å². The minimum atomic E-state index is -0.0362. The normalized spacial score (nSPS) is 12.1. The Bertz CT molecular complexity index is 724. The first kappa shape index (κ1) is 24.5. The number of halogens is 1. The Kier molecular flexibility index (Phi) is 11.9. The van der Waals surface area contributed by atoms with Crippen molar-refractivity contribution in [2.75, 3.05) is 26.7 Å². The summed E-state index contributed by atoms with van der Waals surface area (Å²) in [6.07, 6.45) is 1.97. The van der Waals surface area contributed by atoms with Gasteiger partial charge in [0, 0.05) is 36.7 Å². The van der Waals surface area contributed by atoms with Gasteiger partial charge in [0.25, 0.3) is 0 Å². The van der Waals surface area contributed by atoms with Crippen LogP contribution >= 0.6 is 35.3 Å². The SMILES string of the molecule is CCNC(=NCC(C)Oc1cccc(OC)c1)NCCCc1nc(C)cs1.I. The summed E-state index contributed by atoms with van der Waals surface area (Å²) >= 11 is 1.73. The first-order valence-electron chi connectivity index (χ1n) is 9.34. The lowest BCUT2D eigenvalue weighted by molar-refractivity contribution is 0.229. The molecule has 28 heavy (non-hydrogen) atoms. The Balaban J connectivity index is 0.00000392. The predicted molar refractivity (Wildman–Crippen MR) is 128 cm³/mol. The molecular weight excluding hydrogens is 487 g/mol. The minimum absolute atomic E-state index is 0. The molecule has 0 aliphatic heterocycles. The van der Waals surface area contributed by atoms with Crippen LogP contribution in [-0.4, -0.2) is 43.8 Å². The number of nitrogens with one attached hydrogen (secondary N) is 2. The number of hydrogen-bond acceptors (Lipinski definition) is 5. The van der Waals surface area contributed by atoms with Crippen molar-refractivity contribution in [1.82, 2.24) is 15.6 Å². The highest BCUT2D eigenvalue weighted by atomic mass is 127. The van der Waals surface area contributed by atoms with Crippen molar-refractivity contribution in [3.05, 3.63) is 40.3 Å². The number of aliphatic imine (C=N–C) groups is 1. The molecule has 0 saturated carbocycles. The van der Waals surface area contributed by atoms with E-state index >= 15 is 0 Å². The van der Waals surface area contributed by atoms with Crippen molar-refractivity contribution in [3.8, 4) is 11.5 Å². The zero-order valence-electron chi connectivity index (χ0n) is 17.0. The van der Waals surface area contributed by atoms with Gasteiger partial charge < -0.3 is 20.1 Å². The van der Waals surface area contributed by atoms with E-state index in [9.17, 15) is 0 Å². The molecule has 0 radical (unpaired) electrons. The monoisotopic (exact) mass is 518 g/mol. The number of aromatic nitrogens is 1. The van der Waals surface area contributed by atoms with Crippen molar-refractivity contribution in [1.29, 1.82) is 0 Å². The van der Waals surface area contributed by atoms with Gasteiger partial charge in [-0.1, -0.05) is 6.07 Å². The molecule has 1 unspecified atom stereocenters. The third-order valence-electron chi connectivity index (χ3n) is 3.76. The number of nitrogens with zero attached hydrogens (tertiary/aromatic N) is 2. The van der Waals surface area contributed by atoms with E-state index in [2.05, 4.69) is 32.9 Å². The number of aryl methyl sites for hydroxylation is 2. The predicted octanol–water partition coefficient (Wildman–Crippen LogP) is 4.03. The van der Waals surface area contributed by atoms with Crippen LogP contribution in [0, 0.1) is 6.92 Å². The lowest BCUT2D eigenvalue weighted by atomic mass is 10.3. The summed E-state index contributed by atoms with van der Waals surface area (Å²) in [4.78, 5) is 9.12. The molecule has 0 bridgehead atoms. The molecule has 0 fully saturated rings. The summed E-state index contributed by atoms with van der Waals surface area (Å²) in [6.45, 7) is 8.35. The van der Waals surface area contributed by atoms with Gasteiger partial charge in [0.15, 0.2) is 5.96 Å². The molecule has 0 aliphatic rings. The average Bonchev–Trinajstić information content (AvgIpc) is 3.08.